The van der Waals surface area contributed by atoms with Crippen LogP contribution in [-0.2, 0) is 16.3 Å². The molecule has 1 aromatic carbocycles. The average Bonchev–Trinajstić information content (AvgIpc) is 2.54. The topological polar surface area (TPSA) is 98.2 Å². The minimum Gasteiger partial charge on any atom is -0.496 e. The third kappa shape index (κ3) is 4.76. The van der Waals surface area contributed by atoms with E-state index < -0.39 is 15.7 Å². The lowest BCUT2D eigenvalue weighted by atomic mass is 10.1. The van der Waals surface area contributed by atoms with E-state index in [1.165, 1.54) is 6.20 Å². The summed E-state index contributed by atoms with van der Waals surface area (Å²) < 4.78 is 28.4. The molecule has 0 aliphatic carbocycles. The van der Waals surface area contributed by atoms with Crippen molar-refractivity contribution in [2.75, 3.05) is 19.9 Å². The highest BCUT2D eigenvalue weighted by molar-refractivity contribution is 7.90. The Labute approximate surface area is 147 Å². The molecule has 0 saturated heterocycles. The molecule has 1 amide bonds. The van der Waals surface area contributed by atoms with Crippen LogP contribution in [0.4, 0.5) is 0 Å². The lowest BCUT2D eigenvalue weighted by Crippen LogP contribution is -2.28. The van der Waals surface area contributed by atoms with Gasteiger partial charge in [0.1, 0.15) is 11.4 Å². The van der Waals surface area contributed by atoms with E-state index in [2.05, 4.69) is 15.3 Å². The number of nitrogens with one attached hydrogen (secondary N) is 1. The monoisotopic (exact) mass is 363 g/mol. The maximum Gasteiger partial charge on any atom is 0.270 e. The molecular formula is C17H21N3O4S. The fraction of sp³-hybridized carbons (Fsp3) is 0.353. The van der Waals surface area contributed by atoms with Crippen LogP contribution in [0.15, 0.2) is 29.6 Å². The molecule has 1 heterocycles. The Hall–Kier alpha value is -2.48. The number of hydrogen-bond acceptors (Lipinski definition) is 6. The number of aryl methyl sites for hydroxylation is 2. The number of methoxy groups -OCH3 is 1. The van der Waals surface area contributed by atoms with Crippen LogP contribution in [0.3, 0.4) is 0 Å². The molecule has 0 spiro atoms. The molecule has 0 saturated carbocycles. The van der Waals surface area contributed by atoms with Crippen molar-refractivity contribution in [1.82, 2.24) is 15.3 Å². The second-order valence-corrected chi connectivity index (χ2v) is 7.69. The largest absolute Gasteiger partial charge is 0.496 e. The average molecular weight is 363 g/mol. The molecule has 134 valence electrons. The molecule has 25 heavy (non-hydrogen) atoms. The standard InChI is InChI=1S/C17H21N3O4S/c1-11-5-6-14(24-3)13(9-11)7-8-18-16(21)15-12(2)10-19-17(20-15)25(4,22)23/h5-6,9-10H,7-8H2,1-4H3,(H,18,21). The number of hydrogen-bond donors (Lipinski definition) is 1. The van der Waals surface area contributed by atoms with Gasteiger partial charge in [-0.15, -0.1) is 0 Å². The minimum absolute atomic E-state index is 0.0617. The number of carbonyl (C=O) groups excluding carboxylic acids is 1. The number of sulfone groups is 1. The zero-order valence-electron chi connectivity index (χ0n) is 14.7. The summed E-state index contributed by atoms with van der Waals surface area (Å²) in [7, 11) is -1.97. The maximum atomic E-state index is 12.3. The summed E-state index contributed by atoms with van der Waals surface area (Å²) in [6.45, 7) is 4.01. The number of benzene rings is 1. The van der Waals surface area contributed by atoms with Gasteiger partial charge in [0, 0.05) is 19.0 Å². The zero-order valence-corrected chi connectivity index (χ0v) is 15.5. The first-order valence-electron chi connectivity index (χ1n) is 7.68. The Morgan fingerprint density at radius 2 is 2.00 bits per heavy atom. The number of amides is 1. The van der Waals surface area contributed by atoms with Gasteiger partial charge in [0.25, 0.3) is 5.91 Å². The SMILES string of the molecule is COc1ccc(C)cc1CCNC(=O)c1nc(S(C)(=O)=O)ncc1C. The predicted octanol–water partition coefficient (Wildman–Crippen LogP) is 1.48. The van der Waals surface area contributed by atoms with Gasteiger partial charge in [0.05, 0.1) is 7.11 Å². The van der Waals surface area contributed by atoms with E-state index in [9.17, 15) is 13.2 Å². The van der Waals surface area contributed by atoms with Crippen LogP contribution >= 0.6 is 0 Å². The van der Waals surface area contributed by atoms with E-state index in [1.807, 2.05) is 25.1 Å². The molecule has 0 atom stereocenters. The molecule has 2 aromatic rings. The van der Waals surface area contributed by atoms with Gasteiger partial charge in [-0.05, 0) is 37.5 Å². The molecule has 1 N–H and O–H groups in total. The summed E-state index contributed by atoms with van der Waals surface area (Å²) in [5.74, 6) is 0.328. The van der Waals surface area contributed by atoms with Crippen molar-refractivity contribution in [2.45, 2.75) is 25.4 Å². The van der Waals surface area contributed by atoms with Crippen molar-refractivity contribution >= 4 is 15.7 Å². The van der Waals surface area contributed by atoms with Gasteiger partial charge in [-0.3, -0.25) is 4.79 Å². The van der Waals surface area contributed by atoms with E-state index in [0.29, 0.717) is 18.5 Å². The lowest BCUT2D eigenvalue weighted by molar-refractivity contribution is 0.0947. The van der Waals surface area contributed by atoms with Gasteiger partial charge in [-0.2, -0.15) is 0 Å². The van der Waals surface area contributed by atoms with Gasteiger partial charge in [-0.25, -0.2) is 18.4 Å². The molecule has 0 bridgehead atoms. The number of ether oxygens (including phenoxy) is 1. The molecule has 0 radical (unpaired) electrons. The van der Waals surface area contributed by atoms with Gasteiger partial charge < -0.3 is 10.1 Å². The molecule has 2 rings (SSSR count). The Kier molecular flexibility index (Phi) is 5.73. The fourth-order valence-electron chi connectivity index (χ4n) is 2.33. The van der Waals surface area contributed by atoms with E-state index in [0.717, 1.165) is 23.1 Å². The summed E-state index contributed by atoms with van der Waals surface area (Å²) >= 11 is 0. The third-order valence-corrected chi connectivity index (χ3v) is 4.47. The van der Waals surface area contributed by atoms with Crippen LogP contribution in [0.5, 0.6) is 5.75 Å². The van der Waals surface area contributed by atoms with E-state index in [-0.39, 0.29) is 10.9 Å². The van der Waals surface area contributed by atoms with Crippen LogP contribution in [0, 0.1) is 13.8 Å². The summed E-state index contributed by atoms with van der Waals surface area (Å²) in [6, 6.07) is 5.85. The number of carbonyl (C=O) groups is 1. The predicted molar refractivity (Wildman–Crippen MR) is 93.6 cm³/mol. The molecule has 0 aliphatic heterocycles. The summed E-state index contributed by atoms with van der Waals surface area (Å²) in [6.07, 6.45) is 2.92. The molecular weight excluding hydrogens is 342 g/mol. The van der Waals surface area contributed by atoms with E-state index in [1.54, 1.807) is 14.0 Å². The molecule has 8 heteroatoms. The molecule has 7 nitrogen and oxygen atoms in total. The highest BCUT2D eigenvalue weighted by Crippen LogP contribution is 2.19. The second-order valence-electron chi connectivity index (χ2n) is 5.78. The van der Waals surface area contributed by atoms with Crippen LogP contribution in [0.1, 0.15) is 27.2 Å². The van der Waals surface area contributed by atoms with Gasteiger partial charge in [0.2, 0.25) is 15.0 Å². The fourth-order valence-corrected chi connectivity index (χ4v) is 2.83. The Balaban J connectivity index is 2.10. The van der Waals surface area contributed by atoms with Crippen molar-refractivity contribution in [1.29, 1.82) is 0 Å². The van der Waals surface area contributed by atoms with Crippen LogP contribution < -0.4 is 10.1 Å². The summed E-state index contributed by atoms with van der Waals surface area (Å²) in [5.41, 5.74) is 2.66. The van der Waals surface area contributed by atoms with E-state index in [4.69, 9.17) is 4.74 Å². The number of aromatic nitrogens is 2. The van der Waals surface area contributed by atoms with Crippen molar-refractivity contribution in [2.24, 2.45) is 0 Å². The molecule has 0 fully saturated rings. The Bertz CT molecular complexity index is 895. The first-order valence-corrected chi connectivity index (χ1v) is 9.57. The van der Waals surface area contributed by atoms with Gasteiger partial charge in [0.15, 0.2) is 0 Å². The Morgan fingerprint density at radius 3 is 2.64 bits per heavy atom. The number of rotatable bonds is 6. The first kappa shape index (κ1) is 18.9. The second kappa shape index (κ2) is 7.60. The number of nitrogens with zero attached hydrogens (tertiary/aromatic N) is 2. The molecule has 0 unspecified atom stereocenters. The van der Waals surface area contributed by atoms with Crippen molar-refractivity contribution in [3.8, 4) is 5.75 Å². The maximum absolute atomic E-state index is 12.3. The summed E-state index contributed by atoms with van der Waals surface area (Å²) in [4.78, 5) is 20.0. The smallest absolute Gasteiger partial charge is 0.270 e. The highest BCUT2D eigenvalue weighted by Gasteiger charge is 2.17. The van der Waals surface area contributed by atoms with Crippen LogP contribution in [-0.4, -0.2) is 44.2 Å². The summed E-state index contributed by atoms with van der Waals surface area (Å²) in [5, 5.41) is 2.40. The zero-order chi connectivity index (χ0) is 18.6. The van der Waals surface area contributed by atoms with Crippen molar-refractivity contribution in [3.63, 3.8) is 0 Å². The molecule has 0 aliphatic rings. The van der Waals surface area contributed by atoms with Gasteiger partial charge >= 0.3 is 0 Å². The van der Waals surface area contributed by atoms with Gasteiger partial charge in [-0.1, -0.05) is 17.7 Å². The minimum atomic E-state index is -3.57. The van der Waals surface area contributed by atoms with Crippen molar-refractivity contribution in [3.05, 3.63) is 46.8 Å². The van der Waals surface area contributed by atoms with Crippen LogP contribution in [0.25, 0.3) is 0 Å². The van der Waals surface area contributed by atoms with Crippen molar-refractivity contribution < 1.29 is 17.9 Å². The Morgan fingerprint density at radius 1 is 1.28 bits per heavy atom. The normalized spacial score (nSPS) is 11.2. The first-order chi connectivity index (χ1) is 11.7. The quantitative estimate of drug-likeness (QED) is 0.781. The third-order valence-electron chi connectivity index (χ3n) is 3.61. The highest BCUT2D eigenvalue weighted by atomic mass is 32.2. The lowest BCUT2D eigenvalue weighted by Gasteiger charge is -2.11. The van der Waals surface area contributed by atoms with Crippen LogP contribution in [0.2, 0.25) is 0 Å². The molecule has 1 aromatic heterocycles. The van der Waals surface area contributed by atoms with E-state index >= 15 is 0 Å².